The number of hydrogen-bond acceptors (Lipinski definition) is 3. The Kier molecular flexibility index (Phi) is 1.96. The van der Waals surface area contributed by atoms with Gasteiger partial charge in [-0.15, -0.1) is 0 Å². The summed E-state index contributed by atoms with van der Waals surface area (Å²) in [5, 5.41) is 10.8. The zero-order valence-corrected chi connectivity index (χ0v) is 8.43. The maximum Gasteiger partial charge on any atom is 0.275 e. The van der Waals surface area contributed by atoms with Gasteiger partial charge in [-0.3, -0.25) is 14.9 Å². The second-order valence-electron chi connectivity index (χ2n) is 3.59. The van der Waals surface area contributed by atoms with Crippen molar-refractivity contribution in [1.82, 2.24) is 0 Å². The van der Waals surface area contributed by atoms with Crippen molar-refractivity contribution >= 4 is 17.3 Å². The van der Waals surface area contributed by atoms with Gasteiger partial charge in [0, 0.05) is 13.1 Å². The zero-order valence-electron chi connectivity index (χ0n) is 8.43. The van der Waals surface area contributed by atoms with Crippen LogP contribution in [0.25, 0.3) is 0 Å². The van der Waals surface area contributed by atoms with Crippen LogP contribution in [0.5, 0.6) is 0 Å². The Balaban J connectivity index is 2.68. The van der Waals surface area contributed by atoms with Crippen molar-refractivity contribution in [2.45, 2.75) is 12.8 Å². The van der Waals surface area contributed by atoms with Crippen LogP contribution in [0.1, 0.15) is 18.4 Å². The third kappa shape index (κ3) is 1.20. The summed E-state index contributed by atoms with van der Waals surface area (Å²) < 4.78 is 0. The summed E-state index contributed by atoms with van der Waals surface area (Å²) in [6.45, 7) is 1.69. The van der Waals surface area contributed by atoms with Crippen LogP contribution >= 0.6 is 0 Å². The van der Waals surface area contributed by atoms with Gasteiger partial charge in [-0.1, -0.05) is 6.07 Å². The maximum atomic E-state index is 11.6. The van der Waals surface area contributed by atoms with E-state index >= 15 is 0 Å². The highest BCUT2D eigenvalue weighted by Crippen LogP contribution is 2.41. The largest absolute Gasteiger partial charge is 0.314 e. The molecular weight excluding hydrogens is 196 g/mol. The highest BCUT2D eigenvalue weighted by molar-refractivity contribution is 6.05. The Morgan fingerprint density at radius 1 is 1.47 bits per heavy atom. The molecule has 1 heterocycles. The molecular formula is C10H10N2O3. The number of anilines is 1. The molecule has 2 rings (SSSR count). The first-order chi connectivity index (χ1) is 7.04. The number of benzene rings is 1. The van der Waals surface area contributed by atoms with Crippen LogP contribution < -0.4 is 4.90 Å². The minimum Gasteiger partial charge on any atom is -0.314 e. The van der Waals surface area contributed by atoms with Gasteiger partial charge in [-0.2, -0.15) is 0 Å². The van der Waals surface area contributed by atoms with Crippen molar-refractivity contribution in [3.05, 3.63) is 33.9 Å². The first kappa shape index (κ1) is 9.64. The molecule has 0 radical (unpaired) electrons. The molecule has 15 heavy (non-hydrogen) atoms. The summed E-state index contributed by atoms with van der Waals surface area (Å²) in [5.74, 6) is -0.522. The summed E-state index contributed by atoms with van der Waals surface area (Å²) in [4.78, 5) is 23.5. The Morgan fingerprint density at radius 3 is 2.73 bits per heavy atom. The van der Waals surface area contributed by atoms with E-state index in [1.54, 1.807) is 26.1 Å². The molecule has 0 bridgehead atoms. The van der Waals surface area contributed by atoms with E-state index in [1.807, 2.05) is 0 Å². The average Bonchev–Trinajstić information content (AvgIpc) is 2.44. The minimum atomic E-state index is -0.443. The van der Waals surface area contributed by atoms with E-state index in [2.05, 4.69) is 0 Å². The number of nitro benzene ring substituents is 1. The van der Waals surface area contributed by atoms with E-state index in [-0.39, 0.29) is 11.6 Å². The predicted octanol–water partition coefficient (Wildman–Crippen LogP) is 1.67. The van der Waals surface area contributed by atoms with Gasteiger partial charge in [0.25, 0.3) is 5.69 Å². The lowest BCUT2D eigenvalue weighted by Gasteiger charge is -2.08. The Labute approximate surface area is 86.5 Å². The van der Waals surface area contributed by atoms with E-state index in [0.29, 0.717) is 11.3 Å². The number of amides is 1. The number of hydrogen-bond donors (Lipinski definition) is 0. The lowest BCUT2D eigenvalue weighted by molar-refractivity contribution is -0.385. The summed E-state index contributed by atoms with van der Waals surface area (Å²) in [6, 6.07) is 4.75. The molecule has 0 saturated carbocycles. The second-order valence-corrected chi connectivity index (χ2v) is 3.59. The van der Waals surface area contributed by atoms with Gasteiger partial charge in [0.2, 0.25) is 5.91 Å². The number of fused-ring (bicyclic) bond motifs is 1. The fourth-order valence-electron chi connectivity index (χ4n) is 1.97. The molecule has 1 unspecified atom stereocenters. The fourth-order valence-corrected chi connectivity index (χ4v) is 1.97. The third-order valence-electron chi connectivity index (χ3n) is 2.75. The Morgan fingerprint density at radius 2 is 2.13 bits per heavy atom. The molecule has 1 atom stereocenters. The molecule has 1 aromatic carbocycles. The molecule has 0 N–H and O–H groups in total. The Bertz CT molecular complexity index is 456. The summed E-state index contributed by atoms with van der Waals surface area (Å²) >= 11 is 0. The molecule has 5 heteroatoms. The van der Waals surface area contributed by atoms with Crippen molar-refractivity contribution in [2.75, 3.05) is 11.9 Å². The van der Waals surface area contributed by atoms with Crippen LogP contribution in [0.15, 0.2) is 18.2 Å². The first-order valence-electron chi connectivity index (χ1n) is 4.59. The van der Waals surface area contributed by atoms with Gasteiger partial charge in [-0.05, 0) is 13.0 Å². The van der Waals surface area contributed by atoms with Gasteiger partial charge in [0.05, 0.1) is 22.1 Å². The lowest BCUT2D eigenvalue weighted by atomic mass is 10.0. The smallest absolute Gasteiger partial charge is 0.275 e. The van der Waals surface area contributed by atoms with Crippen molar-refractivity contribution in [1.29, 1.82) is 0 Å². The summed E-state index contributed by atoms with van der Waals surface area (Å²) in [7, 11) is 1.63. The number of carbonyl (C=O) groups excluding carboxylic acids is 1. The van der Waals surface area contributed by atoms with E-state index in [4.69, 9.17) is 0 Å². The fraction of sp³-hybridized carbons (Fsp3) is 0.300. The van der Waals surface area contributed by atoms with Crippen LogP contribution in [0, 0.1) is 10.1 Å². The summed E-state index contributed by atoms with van der Waals surface area (Å²) in [6.07, 6.45) is 0. The van der Waals surface area contributed by atoms with Crippen molar-refractivity contribution in [3.63, 3.8) is 0 Å². The molecule has 1 aliphatic rings. The molecule has 0 fully saturated rings. The number of rotatable bonds is 1. The van der Waals surface area contributed by atoms with Crippen molar-refractivity contribution in [3.8, 4) is 0 Å². The molecule has 78 valence electrons. The molecule has 1 aliphatic heterocycles. The van der Waals surface area contributed by atoms with Crippen LogP contribution in [0.4, 0.5) is 11.4 Å². The van der Waals surface area contributed by atoms with Gasteiger partial charge < -0.3 is 4.90 Å². The molecule has 0 aromatic heterocycles. The monoisotopic (exact) mass is 206 g/mol. The number of likely N-dealkylation sites (N-methyl/N-ethyl adjacent to an activating group) is 1. The standard InChI is InChI=1S/C10H10N2O3/c1-6-9-7(11(2)10(6)13)4-3-5-8(9)12(14)15/h3-6H,1-2H3. The highest BCUT2D eigenvalue weighted by atomic mass is 16.6. The van der Waals surface area contributed by atoms with E-state index in [1.165, 1.54) is 11.0 Å². The zero-order chi connectivity index (χ0) is 11.2. The molecule has 0 aliphatic carbocycles. The third-order valence-corrected chi connectivity index (χ3v) is 2.75. The lowest BCUT2D eigenvalue weighted by Crippen LogP contribution is -2.22. The van der Waals surface area contributed by atoms with Gasteiger partial charge in [0.15, 0.2) is 0 Å². The van der Waals surface area contributed by atoms with Crippen LogP contribution in [-0.2, 0) is 4.79 Å². The van der Waals surface area contributed by atoms with Crippen molar-refractivity contribution < 1.29 is 9.72 Å². The number of nitrogens with zero attached hydrogens (tertiary/aromatic N) is 2. The van der Waals surface area contributed by atoms with Crippen LogP contribution in [0.3, 0.4) is 0 Å². The predicted molar refractivity (Wildman–Crippen MR) is 54.9 cm³/mol. The van der Waals surface area contributed by atoms with Gasteiger partial charge in [0.1, 0.15) is 0 Å². The SMILES string of the molecule is CC1C(=O)N(C)c2cccc([N+](=O)[O-])c21. The topological polar surface area (TPSA) is 63.5 Å². The number of carbonyl (C=O) groups is 1. The summed E-state index contributed by atoms with van der Waals surface area (Å²) in [5.41, 5.74) is 1.19. The molecule has 0 spiro atoms. The second kappa shape index (κ2) is 3.05. The van der Waals surface area contributed by atoms with Gasteiger partial charge in [-0.25, -0.2) is 0 Å². The molecule has 1 aromatic rings. The normalized spacial score (nSPS) is 19.2. The Hall–Kier alpha value is -1.91. The molecule has 0 saturated heterocycles. The molecule has 5 nitrogen and oxygen atoms in total. The first-order valence-corrected chi connectivity index (χ1v) is 4.59. The van der Waals surface area contributed by atoms with Crippen LogP contribution in [0.2, 0.25) is 0 Å². The van der Waals surface area contributed by atoms with E-state index in [9.17, 15) is 14.9 Å². The minimum absolute atomic E-state index is 0.0256. The van der Waals surface area contributed by atoms with Crippen LogP contribution in [-0.4, -0.2) is 17.9 Å². The van der Waals surface area contributed by atoms with Gasteiger partial charge >= 0.3 is 0 Å². The quantitative estimate of drug-likeness (QED) is 0.518. The number of nitro groups is 1. The highest BCUT2D eigenvalue weighted by Gasteiger charge is 2.37. The maximum absolute atomic E-state index is 11.6. The molecule has 1 amide bonds. The van der Waals surface area contributed by atoms with E-state index in [0.717, 1.165) is 0 Å². The van der Waals surface area contributed by atoms with Crippen molar-refractivity contribution in [2.24, 2.45) is 0 Å². The van der Waals surface area contributed by atoms with E-state index < -0.39 is 10.8 Å². The average molecular weight is 206 g/mol.